The van der Waals surface area contributed by atoms with Crippen LogP contribution in [0.1, 0.15) is 5.56 Å². The maximum absolute atomic E-state index is 11.7. The van der Waals surface area contributed by atoms with Crippen molar-refractivity contribution in [1.29, 1.82) is 0 Å². The van der Waals surface area contributed by atoms with Gasteiger partial charge in [0.1, 0.15) is 0 Å². The van der Waals surface area contributed by atoms with E-state index in [0.717, 1.165) is 38.4 Å². The molecule has 1 aliphatic heterocycles. The molecular weight excluding hydrogens is 246 g/mol. The van der Waals surface area contributed by atoms with Crippen LogP contribution in [0.15, 0.2) is 27.8 Å². The maximum Gasteiger partial charge on any atom is 0.326 e. The van der Waals surface area contributed by atoms with E-state index < -0.39 is 5.69 Å². The fraction of sp³-hybridized carbons (Fsp3) is 0.385. The molecule has 6 heteroatoms. The van der Waals surface area contributed by atoms with Crippen molar-refractivity contribution in [3.63, 3.8) is 0 Å². The number of ether oxygens (including phenoxy) is 1. The van der Waals surface area contributed by atoms with Crippen LogP contribution in [0.2, 0.25) is 0 Å². The number of hydrogen-bond donors (Lipinski definition) is 2. The number of morpholine rings is 1. The zero-order valence-electron chi connectivity index (χ0n) is 10.4. The number of benzene rings is 1. The Bertz CT molecular complexity index is 698. The highest BCUT2D eigenvalue weighted by Gasteiger charge is 2.11. The first-order valence-corrected chi connectivity index (χ1v) is 6.28. The lowest BCUT2D eigenvalue weighted by Gasteiger charge is -2.26. The molecule has 6 nitrogen and oxygen atoms in total. The standard InChI is InChI=1S/C13H15N3O3/c17-12-10-7-9(8-16-3-5-19-6-4-16)1-2-11(10)14-13(18)15-12/h1-2,7H,3-6,8H2,(H2,14,15,17,18). The Kier molecular flexibility index (Phi) is 3.18. The molecule has 1 aliphatic rings. The van der Waals surface area contributed by atoms with Gasteiger partial charge in [-0.2, -0.15) is 0 Å². The molecule has 100 valence electrons. The van der Waals surface area contributed by atoms with Gasteiger partial charge in [0, 0.05) is 19.6 Å². The Hall–Kier alpha value is -1.92. The van der Waals surface area contributed by atoms with Crippen molar-refractivity contribution < 1.29 is 4.74 Å². The van der Waals surface area contributed by atoms with Crippen molar-refractivity contribution in [3.05, 3.63) is 44.6 Å². The molecule has 2 aromatic rings. The molecule has 19 heavy (non-hydrogen) atoms. The van der Waals surface area contributed by atoms with Crippen LogP contribution in [0.3, 0.4) is 0 Å². The summed E-state index contributed by atoms with van der Waals surface area (Å²) < 4.78 is 5.30. The molecule has 0 atom stereocenters. The lowest BCUT2D eigenvalue weighted by molar-refractivity contribution is 0.0342. The van der Waals surface area contributed by atoms with Crippen molar-refractivity contribution >= 4 is 10.9 Å². The summed E-state index contributed by atoms with van der Waals surface area (Å²) in [5, 5.41) is 0.519. The van der Waals surface area contributed by atoms with Gasteiger partial charge in [0.05, 0.1) is 24.1 Å². The topological polar surface area (TPSA) is 78.2 Å². The average molecular weight is 261 g/mol. The van der Waals surface area contributed by atoms with Crippen molar-refractivity contribution in [3.8, 4) is 0 Å². The van der Waals surface area contributed by atoms with Crippen LogP contribution in [0, 0.1) is 0 Å². The van der Waals surface area contributed by atoms with Crippen LogP contribution in [0.25, 0.3) is 10.9 Å². The van der Waals surface area contributed by atoms with E-state index >= 15 is 0 Å². The molecule has 0 radical (unpaired) electrons. The largest absolute Gasteiger partial charge is 0.379 e. The van der Waals surface area contributed by atoms with Crippen LogP contribution in [-0.4, -0.2) is 41.2 Å². The summed E-state index contributed by atoms with van der Waals surface area (Å²) >= 11 is 0. The first-order chi connectivity index (χ1) is 9.22. The Morgan fingerprint density at radius 2 is 1.95 bits per heavy atom. The lowest BCUT2D eigenvalue weighted by Crippen LogP contribution is -2.35. The van der Waals surface area contributed by atoms with Gasteiger partial charge in [0.2, 0.25) is 0 Å². The van der Waals surface area contributed by atoms with E-state index in [1.165, 1.54) is 0 Å². The number of aromatic amines is 2. The highest BCUT2D eigenvalue weighted by molar-refractivity contribution is 5.77. The number of nitrogens with one attached hydrogen (secondary N) is 2. The second-order valence-electron chi connectivity index (χ2n) is 4.68. The second-order valence-corrected chi connectivity index (χ2v) is 4.68. The molecule has 0 saturated carbocycles. The molecule has 0 bridgehead atoms. The maximum atomic E-state index is 11.7. The molecule has 0 amide bonds. The lowest BCUT2D eigenvalue weighted by atomic mass is 10.1. The van der Waals surface area contributed by atoms with E-state index in [0.29, 0.717) is 10.9 Å². The van der Waals surface area contributed by atoms with Crippen LogP contribution in [-0.2, 0) is 11.3 Å². The van der Waals surface area contributed by atoms with Gasteiger partial charge in [-0.25, -0.2) is 4.79 Å². The van der Waals surface area contributed by atoms with Gasteiger partial charge >= 0.3 is 5.69 Å². The highest BCUT2D eigenvalue weighted by atomic mass is 16.5. The van der Waals surface area contributed by atoms with Crippen LogP contribution in [0.4, 0.5) is 0 Å². The smallest absolute Gasteiger partial charge is 0.326 e. The summed E-state index contributed by atoms with van der Waals surface area (Å²) in [5.41, 5.74) is 0.812. The number of rotatable bonds is 2. The predicted molar refractivity (Wildman–Crippen MR) is 71.3 cm³/mol. The normalized spacial score (nSPS) is 16.8. The van der Waals surface area contributed by atoms with Crippen LogP contribution < -0.4 is 11.2 Å². The van der Waals surface area contributed by atoms with Crippen molar-refractivity contribution in [2.75, 3.05) is 26.3 Å². The van der Waals surface area contributed by atoms with Crippen LogP contribution >= 0.6 is 0 Å². The first kappa shape index (κ1) is 12.1. The summed E-state index contributed by atoms with van der Waals surface area (Å²) in [5.74, 6) is 0. The minimum absolute atomic E-state index is 0.345. The molecule has 1 saturated heterocycles. The number of hydrogen-bond acceptors (Lipinski definition) is 4. The molecule has 1 aromatic carbocycles. The van der Waals surface area contributed by atoms with Gasteiger partial charge in [-0.05, 0) is 17.7 Å². The van der Waals surface area contributed by atoms with E-state index in [9.17, 15) is 9.59 Å². The number of nitrogens with zero attached hydrogens (tertiary/aromatic N) is 1. The fourth-order valence-electron chi connectivity index (χ4n) is 2.33. The third-order valence-electron chi connectivity index (χ3n) is 3.31. The molecule has 2 heterocycles. The zero-order valence-corrected chi connectivity index (χ0v) is 10.4. The Balaban J connectivity index is 1.93. The van der Waals surface area contributed by atoms with E-state index in [1.807, 2.05) is 12.1 Å². The van der Waals surface area contributed by atoms with Crippen molar-refractivity contribution in [2.45, 2.75) is 6.54 Å². The predicted octanol–water partition coefficient (Wildman–Crippen LogP) is 0.0486. The van der Waals surface area contributed by atoms with Crippen molar-refractivity contribution in [1.82, 2.24) is 14.9 Å². The zero-order chi connectivity index (χ0) is 13.2. The summed E-state index contributed by atoms with van der Waals surface area (Å²) in [6, 6.07) is 5.55. The minimum Gasteiger partial charge on any atom is -0.379 e. The fourth-order valence-corrected chi connectivity index (χ4v) is 2.33. The van der Waals surface area contributed by atoms with Gasteiger partial charge in [0.15, 0.2) is 0 Å². The van der Waals surface area contributed by atoms with Gasteiger partial charge in [-0.15, -0.1) is 0 Å². The number of fused-ring (bicyclic) bond motifs is 1. The molecule has 3 rings (SSSR count). The highest BCUT2D eigenvalue weighted by Crippen LogP contribution is 2.12. The summed E-state index contributed by atoms with van der Waals surface area (Å²) in [6.07, 6.45) is 0. The molecule has 0 aliphatic carbocycles. The molecule has 0 spiro atoms. The van der Waals surface area contributed by atoms with Crippen LogP contribution in [0.5, 0.6) is 0 Å². The summed E-state index contributed by atoms with van der Waals surface area (Å²) in [4.78, 5) is 30.1. The van der Waals surface area contributed by atoms with Gasteiger partial charge < -0.3 is 9.72 Å². The second kappa shape index (κ2) is 4.99. The Morgan fingerprint density at radius 1 is 1.16 bits per heavy atom. The quantitative estimate of drug-likeness (QED) is 0.800. The first-order valence-electron chi connectivity index (χ1n) is 6.28. The Morgan fingerprint density at radius 3 is 2.74 bits per heavy atom. The molecular formula is C13H15N3O3. The average Bonchev–Trinajstić information content (AvgIpc) is 2.40. The van der Waals surface area contributed by atoms with E-state index in [4.69, 9.17) is 4.74 Å². The molecule has 2 N–H and O–H groups in total. The monoisotopic (exact) mass is 261 g/mol. The molecule has 0 unspecified atom stereocenters. The molecule has 1 fully saturated rings. The third-order valence-corrected chi connectivity index (χ3v) is 3.31. The van der Waals surface area contributed by atoms with Crippen molar-refractivity contribution in [2.24, 2.45) is 0 Å². The summed E-state index contributed by atoms with van der Waals surface area (Å²) in [7, 11) is 0. The van der Waals surface area contributed by atoms with Gasteiger partial charge in [0.25, 0.3) is 5.56 Å². The van der Waals surface area contributed by atoms with E-state index in [-0.39, 0.29) is 5.56 Å². The number of aromatic nitrogens is 2. The minimum atomic E-state index is -0.474. The van der Waals surface area contributed by atoms with E-state index in [1.54, 1.807) is 6.07 Å². The SMILES string of the molecule is O=c1[nH]c(=O)c2cc(CN3CCOCC3)ccc2[nH]1. The molecule has 1 aromatic heterocycles. The third kappa shape index (κ3) is 2.59. The summed E-state index contributed by atoms with van der Waals surface area (Å²) in [6.45, 7) is 4.10. The van der Waals surface area contributed by atoms with Gasteiger partial charge in [-0.3, -0.25) is 14.7 Å². The Labute approximate surface area is 109 Å². The van der Waals surface area contributed by atoms with E-state index in [2.05, 4.69) is 14.9 Å². The van der Waals surface area contributed by atoms with Gasteiger partial charge in [-0.1, -0.05) is 6.07 Å². The number of H-pyrrole nitrogens is 2.